The Morgan fingerprint density at radius 3 is 1.37 bits per heavy atom. The van der Waals surface area contributed by atoms with Gasteiger partial charge in [-0.3, -0.25) is 14.4 Å². The topological polar surface area (TPSA) is 78.9 Å². The van der Waals surface area contributed by atoms with Crippen LogP contribution in [0.1, 0.15) is 201 Å². The van der Waals surface area contributed by atoms with Crippen LogP contribution in [0.2, 0.25) is 0 Å². The quantitative estimate of drug-likeness (QED) is 0.0202. The number of allylic oxidation sites excluding steroid dienone is 14. The minimum Gasteiger partial charge on any atom is -0.462 e. The van der Waals surface area contributed by atoms with Crippen molar-refractivity contribution in [3.05, 3.63) is 85.1 Å². The second-order valence-corrected chi connectivity index (χ2v) is 15.0. The lowest BCUT2D eigenvalue weighted by atomic mass is 10.1. The summed E-state index contributed by atoms with van der Waals surface area (Å²) < 4.78 is 16.6. The summed E-state index contributed by atoms with van der Waals surface area (Å²) in [5.41, 5.74) is 0. The highest BCUT2D eigenvalue weighted by Crippen LogP contribution is 2.13. The fourth-order valence-corrected chi connectivity index (χ4v) is 5.99. The number of carbonyl (C=O) groups excluding carboxylic acids is 3. The third-order valence-corrected chi connectivity index (χ3v) is 9.43. The van der Waals surface area contributed by atoms with E-state index in [1.807, 2.05) is 0 Å². The van der Waals surface area contributed by atoms with Gasteiger partial charge in [-0.2, -0.15) is 0 Å². The van der Waals surface area contributed by atoms with Crippen molar-refractivity contribution in [3.63, 3.8) is 0 Å². The molecule has 6 nitrogen and oxygen atoms in total. The van der Waals surface area contributed by atoms with E-state index in [0.717, 1.165) is 89.9 Å². The number of ether oxygens (including phenoxy) is 3. The minimum absolute atomic E-state index is 0.106. The molecular formula is C51H84O6. The molecule has 6 heteroatoms. The van der Waals surface area contributed by atoms with Crippen LogP contribution >= 0.6 is 0 Å². The molecule has 0 heterocycles. The van der Waals surface area contributed by atoms with Gasteiger partial charge in [0.25, 0.3) is 0 Å². The molecule has 0 saturated heterocycles. The highest BCUT2D eigenvalue weighted by molar-refractivity contribution is 5.71. The van der Waals surface area contributed by atoms with Gasteiger partial charge in [-0.15, -0.1) is 0 Å². The molecule has 0 aliphatic carbocycles. The van der Waals surface area contributed by atoms with Gasteiger partial charge in [-0.25, -0.2) is 0 Å². The molecule has 0 aromatic rings. The first-order valence-electron chi connectivity index (χ1n) is 23.1. The predicted molar refractivity (Wildman–Crippen MR) is 242 cm³/mol. The lowest BCUT2D eigenvalue weighted by Crippen LogP contribution is -2.30. The smallest absolute Gasteiger partial charge is 0.306 e. The van der Waals surface area contributed by atoms with E-state index in [9.17, 15) is 14.4 Å². The minimum atomic E-state index is -0.807. The number of esters is 3. The van der Waals surface area contributed by atoms with Crippen molar-refractivity contribution in [2.45, 2.75) is 207 Å². The molecule has 1 atom stereocenters. The predicted octanol–water partition coefficient (Wildman–Crippen LogP) is 14.9. The average Bonchev–Trinajstić information content (AvgIpc) is 3.21. The largest absolute Gasteiger partial charge is 0.462 e. The third-order valence-electron chi connectivity index (χ3n) is 9.43. The number of rotatable bonds is 40. The molecule has 0 N–H and O–H groups in total. The fourth-order valence-electron chi connectivity index (χ4n) is 5.99. The summed E-state index contributed by atoms with van der Waals surface area (Å²) in [6.45, 7) is 6.29. The molecule has 57 heavy (non-hydrogen) atoms. The second kappa shape index (κ2) is 45.3. The molecule has 0 spiro atoms. The van der Waals surface area contributed by atoms with Crippen LogP contribution in [0.3, 0.4) is 0 Å². The van der Waals surface area contributed by atoms with E-state index < -0.39 is 6.10 Å². The highest BCUT2D eigenvalue weighted by atomic mass is 16.6. The maximum absolute atomic E-state index is 12.7. The van der Waals surface area contributed by atoms with Crippen LogP contribution < -0.4 is 0 Å². The van der Waals surface area contributed by atoms with E-state index in [2.05, 4.69) is 106 Å². The van der Waals surface area contributed by atoms with Gasteiger partial charge in [-0.05, 0) is 89.9 Å². The Labute approximate surface area is 350 Å². The SMILES string of the molecule is CC\C=C/C=C\C=C/CCCCCCCCCC(=O)OCC(COC(=O)CCC/C=C\C/C=C\C/C=C\CC)OC(=O)CCCCC/C=C\CCCCCCCC. The maximum atomic E-state index is 12.7. The van der Waals surface area contributed by atoms with Crippen molar-refractivity contribution in [1.29, 1.82) is 0 Å². The average molecular weight is 793 g/mol. The van der Waals surface area contributed by atoms with Gasteiger partial charge in [-0.1, -0.05) is 176 Å². The van der Waals surface area contributed by atoms with E-state index in [4.69, 9.17) is 14.2 Å². The lowest BCUT2D eigenvalue weighted by Gasteiger charge is -2.18. The van der Waals surface area contributed by atoms with Crippen LogP contribution in [-0.2, 0) is 28.6 Å². The summed E-state index contributed by atoms with van der Waals surface area (Å²) in [7, 11) is 0. The maximum Gasteiger partial charge on any atom is 0.306 e. The van der Waals surface area contributed by atoms with Gasteiger partial charge < -0.3 is 14.2 Å². The number of hydrogen-bond donors (Lipinski definition) is 0. The molecule has 0 aromatic carbocycles. The van der Waals surface area contributed by atoms with Crippen molar-refractivity contribution in [2.24, 2.45) is 0 Å². The molecule has 1 unspecified atom stereocenters. The van der Waals surface area contributed by atoms with Gasteiger partial charge >= 0.3 is 17.9 Å². The first-order valence-corrected chi connectivity index (χ1v) is 23.1. The van der Waals surface area contributed by atoms with Crippen LogP contribution in [0.4, 0.5) is 0 Å². The van der Waals surface area contributed by atoms with Gasteiger partial charge in [0.1, 0.15) is 13.2 Å². The van der Waals surface area contributed by atoms with Gasteiger partial charge in [0.2, 0.25) is 0 Å². The zero-order chi connectivity index (χ0) is 41.5. The standard InChI is InChI=1S/C51H84O6/c1-4-7-10-13-16-19-22-24-25-27-29-32-35-38-41-44-50(53)56-47-48(46-55-49(52)43-40-37-34-31-28-21-18-15-12-9-6-3)57-51(54)45-42-39-36-33-30-26-23-20-17-14-11-8-5-2/h7,9-10,12-13,16,18-19,21-22,26,30-31,34,48H,4-6,8,11,14-15,17,20,23-25,27-29,32-33,35-47H2,1-3H3/b10-7-,12-9-,16-13-,21-18-,22-19-,30-26-,34-31-. The van der Waals surface area contributed by atoms with Crippen molar-refractivity contribution in [3.8, 4) is 0 Å². The molecule has 0 amide bonds. The zero-order valence-corrected chi connectivity index (χ0v) is 36.8. The fraction of sp³-hybridized carbons (Fsp3) is 0.667. The van der Waals surface area contributed by atoms with E-state index in [0.29, 0.717) is 19.3 Å². The summed E-state index contributed by atoms with van der Waals surface area (Å²) in [6.07, 6.45) is 57.2. The highest BCUT2D eigenvalue weighted by Gasteiger charge is 2.19. The zero-order valence-electron chi connectivity index (χ0n) is 36.8. The first kappa shape index (κ1) is 53.6. The number of hydrogen-bond acceptors (Lipinski definition) is 6. The van der Waals surface area contributed by atoms with Crippen molar-refractivity contribution in [2.75, 3.05) is 13.2 Å². The summed E-state index contributed by atoms with van der Waals surface area (Å²) in [4.78, 5) is 37.7. The number of unbranched alkanes of at least 4 members (excludes halogenated alkanes) is 17. The Morgan fingerprint density at radius 2 is 0.789 bits per heavy atom. The third kappa shape index (κ3) is 43.6. The first-order chi connectivity index (χ1) is 28.0. The van der Waals surface area contributed by atoms with E-state index >= 15 is 0 Å². The molecule has 0 fully saturated rings. The summed E-state index contributed by atoms with van der Waals surface area (Å²) in [5.74, 6) is -0.997. The van der Waals surface area contributed by atoms with Crippen molar-refractivity contribution < 1.29 is 28.6 Å². The monoisotopic (exact) mass is 793 g/mol. The van der Waals surface area contributed by atoms with E-state index in [1.54, 1.807) is 0 Å². The van der Waals surface area contributed by atoms with E-state index in [-0.39, 0.29) is 37.5 Å². The Balaban J connectivity index is 4.48. The Hall–Kier alpha value is -3.41. The Morgan fingerprint density at radius 1 is 0.386 bits per heavy atom. The molecule has 0 aromatic heterocycles. The summed E-state index contributed by atoms with van der Waals surface area (Å²) in [5, 5.41) is 0. The Kier molecular flexibility index (Phi) is 42.6. The van der Waals surface area contributed by atoms with Gasteiger partial charge in [0, 0.05) is 19.3 Å². The molecule has 0 rings (SSSR count). The summed E-state index contributed by atoms with van der Waals surface area (Å²) in [6, 6.07) is 0. The normalized spacial score (nSPS) is 12.8. The van der Waals surface area contributed by atoms with Crippen molar-refractivity contribution >= 4 is 17.9 Å². The molecule has 0 aliphatic rings. The van der Waals surface area contributed by atoms with Gasteiger partial charge in [0.15, 0.2) is 6.10 Å². The number of carbonyl (C=O) groups is 3. The van der Waals surface area contributed by atoms with Crippen LogP contribution in [0, 0.1) is 0 Å². The molecule has 0 bridgehead atoms. The van der Waals surface area contributed by atoms with Crippen LogP contribution in [0.15, 0.2) is 85.1 Å². The summed E-state index contributed by atoms with van der Waals surface area (Å²) >= 11 is 0. The molecule has 0 radical (unpaired) electrons. The second-order valence-electron chi connectivity index (χ2n) is 15.0. The molecule has 0 aliphatic heterocycles. The van der Waals surface area contributed by atoms with Crippen molar-refractivity contribution in [1.82, 2.24) is 0 Å². The lowest BCUT2D eigenvalue weighted by molar-refractivity contribution is -0.167. The van der Waals surface area contributed by atoms with Crippen LogP contribution in [-0.4, -0.2) is 37.2 Å². The molecule has 0 saturated carbocycles. The molecule has 324 valence electrons. The van der Waals surface area contributed by atoms with Gasteiger partial charge in [0.05, 0.1) is 0 Å². The van der Waals surface area contributed by atoms with E-state index in [1.165, 1.54) is 64.2 Å². The molecular weight excluding hydrogens is 709 g/mol. The van der Waals surface area contributed by atoms with Crippen LogP contribution in [0.25, 0.3) is 0 Å². The van der Waals surface area contributed by atoms with Crippen LogP contribution in [0.5, 0.6) is 0 Å². The Bertz CT molecular complexity index is 1140.